The zero-order valence-corrected chi connectivity index (χ0v) is 8.53. The van der Waals surface area contributed by atoms with E-state index in [1.807, 2.05) is 12.1 Å². The highest BCUT2D eigenvalue weighted by Crippen LogP contribution is 2.26. The molecule has 0 saturated heterocycles. The lowest BCUT2D eigenvalue weighted by Crippen LogP contribution is -1.96. The third kappa shape index (κ3) is 1.58. The average Bonchev–Trinajstić information content (AvgIpc) is 2.70. The Balaban J connectivity index is 2.37. The van der Waals surface area contributed by atoms with Crippen molar-refractivity contribution in [1.29, 1.82) is 0 Å². The molecular weight excluding hydrogens is 172 g/mol. The molecule has 1 atom stereocenters. The Hall–Kier alpha value is -1.50. The Labute approximate surface area is 84.4 Å². The molecule has 0 bridgehead atoms. The molecule has 2 rings (SSSR count). The maximum atomic E-state index is 5.40. The van der Waals surface area contributed by atoms with Crippen molar-refractivity contribution < 1.29 is 4.42 Å². The van der Waals surface area contributed by atoms with Crippen LogP contribution in [0.15, 0.2) is 47.1 Å². The zero-order valence-electron chi connectivity index (χ0n) is 8.53. The van der Waals surface area contributed by atoms with Crippen LogP contribution in [0.4, 0.5) is 0 Å². The molecule has 0 aliphatic carbocycles. The SMILES string of the molecule is Cc1ccccc1C(C)c1ccco1. The maximum Gasteiger partial charge on any atom is 0.110 e. The first-order chi connectivity index (χ1) is 6.79. The number of hydrogen-bond acceptors (Lipinski definition) is 1. The normalized spacial score (nSPS) is 12.7. The summed E-state index contributed by atoms with van der Waals surface area (Å²) in [6, 6.07) is 12.4. The molecule has 1 nitrogen and oxygen atoms in total. The van der Waals surface area contributed by atoms with Gasteiger partial charge in [0.05, 0.1) is 6.26 Å². The van der Waals surface area contributed by atoms with Crippen LogP contribution in [0.1, 0.15) is 29.7 Å². The molecule has 1 aromatic carbocycles. The lowest BCUT2D eigenvalue weighted by molar-refractivity contribution is 0.495. The van der Waals surface area contributed by atoms with E-state index in [1.165, 1.54) is 11.1 Å². The van der Waals surface area contributed by atoms with Crippen molar-refractivity contribution in [3.8, 4) is 0 Å². The van der Waals surface area contributed by atoms with Crippen molar-refractivity contribution in [2.45, 2.75) is 19.8 Å². The van der Waals surface area contributed by atoms with Crippen LogP contribution in [-0.4, -0.2) is 0 Å². The van der Waals surface area contributed by atoms with Crippen LogP contribution in [0.3, 0.4) is 0 Å². The molecule has 1 aromatic heterocycles. The quantitative estimate of drug-likeness (QED) is 0.696. The van der Waals surface area contributed by atoms with Crippen LogP contribution in [0.2, 0.25) is 0 Å². The van der Waals surface area contributed by atoms with Gasteiger partial charge in [-0.1, -0.05) is 31.2 Å². The van der Waals surface area contributed by atoms with Crippen LogP contribution in [0.25, 0.3) is 0 Å². The van der Waals surface area contributed by atoms with Crippen LogP contribution in [0, 0.1) is 6.92 Å². The molecule has 2 aromatic rings. The summed E-state index contributed by atoms with van der Waals surface area (Å²) in [5, 5.41) is 0. The molecule has 0 radical (unpaired) electrons. The van der Waals surface area contributed by atoms with Gasteiger partial charge < -0.3 is 4.42 Å². The molecule has 0 amide bonds. The van der Waals surface area contributed by atoms with E-state index < -0.39 is 0 Å². The molecule has 0 aliphatic rings. The summed E-state index contributed by atoms with van der Waals surface area (Å²) in [6.45, 7) is 4.30. The standard InChI is InChI=1S/C13H14O/c1-10-6-3-4-7-12(10)11(2)13-8-5-9-14-13/h3-9,11H,1-2H3. The van der Waals surface area contributed by atoms with Crippen molar-refractivity contribution in [2.24, 2.45) is 0 Å². The van der Waals surface area contributed by atoms with E-state index in [2.05, 4.69) is 38.1 Å². The minimum atomic E-state index is 0.339. The fourth-order valence-corrected chi connectivity index (χ4v) is 1.76. The van der Waals surface area contributed by atoms with Gasteiger partial charge in [-0.25, -0.2) is 0 Å². The summed E-state index contributed by atoms with van der Waals surface area (Å²) < 4.78 is 5.40. The van der Waals surface area contributed by atoms with Gasteiger partial charge in [0.15, 0.2) is 0 Å². The minimum Gasteiger partial charge on any atom is -0.469 e. The molecule has 14 heavy (non-hydrogen) atoms. The van der Waals surface area contributed by atoms with Crippen LogP contribution in [-0.2, 0) is 0 Å². The minimum absolute atomic E-state index is 0.339. The van der Waals surface area contributed by atoms with E-state index in [0.29, 0.717) is 5.92 Å². The lowest BCUT2D eigenvalue weighted by atomic mass is 9.95. The third-order valence-corrected chi connectivity index (χ3v) is 2.62. The first kappa shape index (κ1) is 9.07. The topological polar surface area (TPSA) is 13.1 Å². The fraction of sp³-hybridized carbons (Fsp3) is 0.231. The monoisotopic (exact) mass is 186 g/mol. The Morgan fingerprint density at radius 2 is 1.86 bits per heavy atom. The first-order valence-corrected chi connectivity index (χ1v) is 4.88. The van der Waals surface area contributed by atoms with Crippen molar-refractivity contribution in [1.82, 2.24) is 0 Å². The summed E-state index contributed by atoms with van der Waals surface area (Å²) >= 11 is 0. The predicted octanol–water partition coefficient (Wildman–Crippen LogP) is 3.74. The number of furan rings is 1. The van der Waals surface area contributed by atoms with Gasteiger partial charge in [-0.2, -0.15) is 0 Å². The van der Waals surface area contributed by atoms with Crippen molar-refractivity contribution in [3.63, 3.8) is 0 Å². The average molecular weight is 186 g/mol. The number of aryl methyl sites for hydroxylation is 1. The third-order valence-electron chi connectivity index (χ3n) is 2.62. The van der Waals surface area contributed by atoms with Gasteiger partial charge in [0.25, 0.3) is 0 Å². The molecule has 0 fully saturated rings. The van der Waals surface area contributed by atoms with E-state index in [4.69, 9.17) is 4.42 Å². The molecule has 0 saturated carbocycles. The van der Waals surface area contributed by atoms with Gasteiger partial charge in [0.1, 0.15) is 5.76 Å². The van der Waals surface area contributed by atoms with Gasteiger partial charge in [-0.15, -0.1) is 0 Å². The van der Waals surface area contributed by atoms with E-state index >= 15 is 0 Å². The van der Waals surface area contributed by atoms with E-state index in [9.17, 15) is 0 Å². The second-order valence-electron chi connectivity index (χ2n) is 3.59. The molecule has 1 unspecified atom stereocenters. The maximum absolute atomic E-state index is 5.40. The van der Waals surface area contributed by atoms with Gasteiger partial charge in [0.2, 0.25) is 0 Å². The second kappa shape index (κ2) is 3.70. The largest absolute Gasteiger partial charge is 0.469 e. The van der Waals surface area contributed by atoms with E-state index in [-0.39, 0.29) is 0 Å². The Bertz CT molecular complexity index is 401. The zero-order chi connectivity index (χ0) is 9.97. The fourth-order valence-electron chi connectivity index (χ4n) is 1.76. The Morgan fingerprint density at radius 1 is 1.07 bits per heavy atom. The van der Waals surface area contributed by atoms with Crippen LogP contribution < -0.4 is 0 Å². The number of benzene rings is 1. The Kier molecular flexibility index (Phi) is 2.40. The number of rotatable bonds is 2. The smallest absolute Gasteiger partial charge is 0.110 e. The Morgan fingerprint density at radius 3 is 2.50 bits per heavy atom. The van der Waals surface area contributed by atoms with Crippen molar-refractivity contribution in [2.75, 3.05) is 0 Å². The van der Waals surface area contributed by atoms with Crippen molar-refractivity contribution in [3.05, 3.63) is 59.5 Å². The highest BCUT2D eigenvalue weighted by Gasteiger charge is 2.12. The molecule has 72 valence electrons. The predicted molar refractivity (Wildman–Crippen MR) is 57.4 cm³/mol. The highest BCUT2D eigenvalue weighted by molar-refractivity contribution is 5.33. The molecule has 0 spiro atoms. The molecule has 0 N–H and O–H groups in total. The highest BCUT2D eigenvalue weighted by atomic mass is 16.3. The van der Waals surface area contributed by atoms with E-state index in [0.717, 1.165) is 5.76 Å². The van der Waals surface area contributed by atoms with Gasteiger partial charge in [-0.05, 0) is 30.2 Å². The van der Waals surface area contributed by atoms with E-state index in [1.54, 1.807) is 6.26 Å². The van der Waals surface area contributed by atoms with Crippen LogP contribution in [0.5, 0.6) is 0 Å². The molecule has 0 aliphatic heterocycles. The first-order valence-electron chi connectivity index (χ1n) is 4.88. The number of hydrogen-bond donors (Lipinski definition) is 0. The molecule has 1 heteroatoms. The van der Waals surface area contributed by atoms with Crippen LogP contribution >= 0.6 is 0 Å². The van der Waals surface area contributed by atoms with Gasteiger partial charge in [0, 0.05) is 5.92 Å². The van der Waals surface area contributed by atoms with Gasteiger partial charge in [-0.3, -0.25) is 0 Å². The summed E-state index contributed by atoms with van der Waals surface area (Å²) in [6.07, 6.45) is 1.73. The van der Waals surface area contributed by atoms with Crippen molar-refractivity contribution >= 4 is 0 Å². The summed E-state index contributed by atoms with van der Waals surface area (Å²) in [4.78, 5) is 0. The summed E-state index contributed by atoms with van der Waals surface area (Å²) in [5.41, 5.74) is 2.65. The molecular formula is C13H14O. The van der Waals surface area contributed by atoms with Gasteiger partial charge >= 0.3 is 0 Å². The second-order valence-corrected chi connectivity index (χ2v) is 3.59. The summed E-state index contributed by atoms with van der Waals surface area (Å²) in [7, 11) is 0. The summed E-state index contributed by atoms with van der Waals surface area (Å²) in [5.74, 6) is 1.37. The lowest BCUT2D eigenvalue weighted by Gasteiger charge is -2.11. The molecule has 1 heterocycles.